The zero-order valence-corrected chi connectivity index (χ0v) is 15.9. The highest BCUT2D eigenvalue weighted by atomic mass is 16.7. The second-order valence-corrected chi connectivity index (χ2v) is 8.03. The lowest BCUT2D eigenvalue weighted by atomic mass is 9.66. The predicted molar refractivity (Wildman–Crippen MR) is 104 cm³/mol. The zero-order chi connectivity index (χ0) is 18.5. The number of rotatable bonds is 2. The second-order valence-electron chi connectivity index (χ2n) is 8.03. The van der Waals surface area contributed by atoms with Crippen molar-refractivity contribution in [1.82, 2.24) is 10.0 Å². The van der Waals surface area contributed by atoms with Crippen LogP contribution in [-0.2, 0) is 21.7 Å². The van der Waals surface area contributed by atoms with Crippen molar-refractivity contribution in [2.75, 3.05) is 14.2 Å². The molecule has 1 fully saturated rings. The van der Waals surface area contributed by atoms with Crippen LogP contribution < -0.4 is 0 Å². The Labute approximate surface area is 160 Å². The summed E-state index contributed by atoms with van der Waals surface area (Å²) in [7, 11) is 3.75. The first-order valence-electron chi connectivity index (χ1n) is 9.70. The average molecular weight is 363 g/mol. The van der Waals surface area contributed by atoms with Gasteiger partial charge in [-0.25, -0.2) is 14.9 Å². The molecule has 2 aliphatic carbocycles. The van der Waals surface area contributed by atoms with Crippen LogP contribution in [0.25, 0.3) is 11.1 Å². The molecule has 5 heteroatoms. The van der Waals surface area contributed by atoms with E-state index in [-0.39, 0.29) is 5.41 Å². The molecule has 140 valence electrons. The standard InChI is InChI=1S/C22H25N3O2/c1-25-15-24-22(27-25)20-12-16(18-4-3-11-23-14-18)5-6-17(20)13-21(22)9-7-19(26-2)8-10-21/h3-6,11-12,14-15,19H,7-10,13H2,1-2H3. The van der Waals surface area contributed by atoms with Gasteiger partial charge in [0.15, 0.2) is 0 Å². The lowest BCUT2D eigenvalue weighted by Gasteiger charge is -2.45. The largest absolute Gasteiger partial charge is 0.381 e. The maximum Gasteiger partial charge on any atom is 0.218 e. The van der Waals surface area contributed by atoms with Crippen LogP contribution in [0.5, 0.6) is 0 Å². The summed E-state index contributed by atoms with van der Waals surface area (Å²) in [6, 6.07) is 10.8. The SMILES string of the molecule is COC1CCC2(CC1)Cc1ccc(-c3cccnc3)cc1C21N=CN(C)O1. The van der Waals surface area contributed by atoms with E-state index in [1.165, 1.54) is 11.1 Å². The van der Waals surface area contributed by atoms with Crippen LogP contribution in [0.2, 0.25) is 0 Å². The number of fused-ring (bicyclic) bond motifs is 3. The maximum atomic E-state index is 6.44. The number of hydrogen-bond donors (Lipinski definition) is 0. The van der Waals surface area contributed by atoms with E-state index in [9.17, 15) is 0 Å². The third-order valence-electron chi connectivity index (χ3n) is 6.62. The fourth-order valence-electron chi connectivity index (χ4n) is 5.20. The van der Waals surface area contributed by atoms with E-state index in [4.69, 9.17) is 14.6 Å². The highest BCUT2D eigenvalue weighted by molar-refractivity contribution is 5.67. The number of aliphatic imine (C=N–C) groups is 1. The molecular formula is C22H25N3O2. The van der Waals surface area contributed by atoms with Gasteiger partial charge in [-0.2, -0.15) is 0 Å². The molecule has 1 atom stereocenters. The molecule has 1 aromatic heterocycles. The highest BCUT2D eigenvalue weighted by Crippen LogP contribution is 2.61. The summed E-state index contributed by atoms with van der Waals surface area (Å²) < 4.78 is 5.62. The van der Waals surface area contributed by atoms with Crippen LogP contribution >= 0.6 is 0 Å². The number of ether oxygens (including phenoxy) is 1. The van der Waals surface area contributed by atoms with Crippen LogP contribution in [0.3, 0.4) is 0 Å². The minimum absolute atomic E-state index is 0.000809. The molecular weight excluding hydrogens is 338 g/mol. The Kier molecular flexibility index (Phi) is 3.85. The van der Waals surface area contributed by atoms with Crippen molar-refractivity contribution in [2.24, 2.45) is 10.4 Å². The Morgan fingerprint density at radius 3 is 2.70 bits per heavy atom. The van der Waals surface area contributed by atoms with Gasteiger partial charge in [0.2, 0.25) is 5.72 Å². The number of aromatic nitrogens is 1. The summed E-state index contributed by atoms with van der Waals surface area (Å²) >= 11 is 0. The number of methoxy groups -OCH3 is 1. The molecule has 3 aliphatic rings. The molecule has 0 saturated heterocycles. The molecule has 0 radical (unpaired) electrons. The number of pyridine rings is 1. The van der Waals surface area contributed by atoms with E-state index >= 15 is 0 Å². The van der Waals surface area contributed by atoms with Crippen LogP contribution in [0.1, 0.15) is 36.8 Å². The van der Waals surface area contributed by atoms with Gasteiger partial charge in [-0.1, -0.05) is 18.2 Å². The van der Waals surface area contributed by atoms with Crippen molar-refractivity contribution in [3.8, 4) is 11.1 Å². The van der Waals surface area contributed by atoms with Crippen LogP contribution in [0.15, 0.2) is 47.7 Å². The third-order valence-corrected chi connectivity index (χ3v) is 6.62. The van der Waals surface area contributed by atoms with E-state index in [0.29, 0.717) is 6.10 Å². The normalized spacial score (nSPS) is 31.8. The molecule has 1 aliphatic heterocycles. The molecule has 1 aromatic carbocycles. The van der Waals surface area contributed by atoms with Crippen LogP contribution in [0, 0.1) is 5.41 Å². The summed E-state index contributed by atoms with van der Waals surface area (Å²) in [5, 5.41) is 1.76. The van der Waals surface area contributed by atoms with Crippen molar-refractivity contribution < 1.29 is 9.57 Å². The van der Waals surface area contributed by atoms with E-state index in [1.54, 1.807) is 11.3 Å². The minimum Gasteiger partial charge on any atom is -0.381 e. The molecule has 1 saturated carbocycles. The molecule has 5 rings (SSSR count). The fraction of sp³-hybridized carbons (Fsp3) is 0.455. The molecule has 2 spiro atoms. The highest BCUT2D eigenvalue weighted by Gasteiger charge is 2.62. The molecule has 0 amide bonds. The number of benzene rings is 1. The van der Waals surface area contributed by atoms with Crippen molar-refractivity contribution >= 4 is 6.34 Å². The molecule has 2 heterocycles. The maximum absolute atomic E-state index is 6.44. The van der Waals surface area contributed by atoms with Crippen molar-refractivity contribution in [3.05, 3.63) is 53.9 Å². The minimum atomic E-state index is -0.617. The average Bonchev–Trinajstić information content (AvgIpc) is 3.23. The van der Waals surface area contributed by atoms with Gasteiger partial charge in [0, 0.05) is 37.5 Å². The first-order chi connectivity index (χ1) is 13.2. The molecule has 0 N–H and O–H groups in total. The summed E-state index contributed by atoms with van der Waals surface area (Å²) in [6.07, 6.45) is 11.2. The molecule has 1 unspecified atom stereocenters. The van der Waals surface area contributed by atoms with Crippen LogP contribution in [-0.4, -0.2) is 36.6 Å². The Balaban J connectivity index is 1.60. The molecule has 0 bridgehead atoms. The Morgan fingerprint density at radius 2 is 2.04 bits per heavy atom. The van der Waals surface area contributed by atoms with E-state index in [0.717, 1.165) is 43.2 Å². The second kappa shape index (κ2) is 6.14. The van der Waals surface area contributed by atoms with Gasteiger partial charge in [-0.3, -0.25) is 4.98 Å². The van der Waals surface area contributed by atoms with Gasteiger partial charge in [0.25, 0.3) is 0 Å². The topological polar surface area (TPSA) is 47.0 Å². The first kappa shape index (κ1) is 16.9. The number of hydroxylamine groups is 2. The van der Waals surface area contributed by atoms with Crippen molar-refractivity contribution in [3.63, 3.8) is 0 Å². The van der Waals surface area contributed by atoms with Gasteiger partial charge < -0.3 is 4.74 Å². The van der Waals surface area contributed by atoms with Crippen LogP contribution in [0.4, 0.5) is 0 Å². The number of nitrogens with zero attached hydrogens (tertiary/aromatic N) is 3. The fourth-order valence-corrected chi connectivity index (χ4v) is 5.20. The summed E-state index contributed by atoms with van der Waals surface area (Å²) in [5.74, 6) is 0. The lowest BCUT2D eigenvalue weighted by molar-refractivity contribution is -0.230. The predicted octanol–water partition coefficient (Wildman–Crippen LogP) is 3.94. The Hall–Kier alpha value is -2.24. The Bertz CT molecular complexity index is 874. The van der Waals surface area contributed by atoms with Gasteiger partial charge in [0.1, 0.15) is 6.34 Å². The first-order valence-corrected chi connectivity index (χ1v) is 9.70. The molecule has 2 aromatic rings. The van der Waals surface area contributed by atoms with Gasteiger partial charge in [-0.05, 0) is 60.9 Å². The quantitative estimate of drug-likeness (QED) is 0.811. The number of hydrogen-bond acceptors (Lipinski definition) is 5. The van der Waals surface area contributed by atoms with Crippen molar-refractivity contribution in [1.29, 1.82) is 0 Å². The zero-order valence-electron chi connectivity index (χ0n) is 15.9. The monoisotopic (exact) mass is 363 g/mol. The van der Waals surface area contributed by atoms with E-state index < -0.39 is 5.72 Å². The van der Waals surface area contributed by atoms with E-state index in [1.807, 2.05) is 32.8 Å². The summed E-state index contributed by atoms with van der Waals surface area (Å²) in [4.78, 5) is 15.7. The van der Waals surface area contributed by atoms with Gasteiger partial charge in [-0.15, -0.1) is 0 Å². The molecule has 27 heavy (non-hydrogen) atoms. The van der Waals surface area contributed by atoms with E-state index in [2.05, 4.69) is 29.2 Å². The lowest BCUT2D eigenvalue weighted by Crippen LogP contribution is -2.46. The van der Waals surface area contributed by atoms with Gasteiger partial charge >= 0.3 is 0 Å². The molecule has 5 nitrogen and oxygen atoms in total. The van der Waals surface area contributed by atoms with Gasteiger partial charge in [0.05, 0.1) is 6.10 Å². The summed E-state index contributed by atoms with van der Waals surface area (Å²) in [5.41, 5.74) is 4.23. The van der Waals surface area contributed by atoms with Crippen molar-refractivity contribution in [2.45, 2.75) is 43.9 Å². The summed E-state index contributed by atoms with van der Waals surface area (Å²) in [6.45, 7) is 0. The Morgan fingerprint density at radius 1 is 1.19 bits per heavy atom. The third kappa shape index (κ3) is 2.45. The smallest absolute Gasteiger partial charge is 0.218 e.